The highest BCUT2D eigenvalue weighted by Crippen LogP contribution is 2.45. The monoisotopic (exact) mass is 521 g/mol. The Kier molecular flexibility index (Phi) is 7.89. The molecule has 0 bridgehead atoms. The van der Waals surface area contributed by atoms with Crippen LogP contribution in [0.2, 0.25) is 0 Å². The molecule has 1 heterocycles. The molecule has 5 aromatic rings. The van der Waals surface area contributed by atoms with Gasteiger partial charge >= 0.3 is 0 Å². The first kappa shape index (κ1) is 26.4. The normalized spacial score (nSPS) is 12.8. The van der Waals surface area contributed by atoms with Crippen molar-refractivity contribution in [3.63, 3.8) is 0 Å². The predicted octanol–water partition coefficient (Wildman–Crippen LogP) is 7.26. The van der Waals surface area contributed by atoms with Gasteiger partial charge in [0, 0.05) is 22.5 Å². The molecule has 0 aliphatic carbocycles. The number of aromatic amines is 1. The van der Waals surface area contributed by atoms with Gasteiger partial charge in [0.15, 0.2) is 11.5 Å². The summed E-state index contributed by atoms with van der Waals surface area (Å²) in [5.41, 5.74) is 5.03. The van der Waals surface area contributed by atoms with Crippen LogP contribution in [-0.4, -0.2) is 29.4 Å². The molecule has 0 radical (unpaired) electrons. The van der Waals surface area contributed by atoms with E-state index in [1.165, 1.54) is 0 Å². The second kappa shape index (κ2) is 11.7. The summed E-state index contributed by atoms with van der Waals surface area (Å²) >= 11 is 0. The lowest BCUT2D eigenvalue weighted by Crippen LogP contribution is -2.25. The highest BCUT2D eigenvalue weighted by Gasteiger charge is 2.34. The van der Waals surface area contributed by atoms with Gasteiger partial charge in [0.1, 0.15) is 19.0 Å². The molecule has 2 N–H and O–H groups in total. The predicted molar refractivity (Wildman–Crippen MR) is 156 cm³/mol. The zero-order chi connectivity index (χ0) is 27.2. The van der Waals surface area contributed by atoms with E-state index in [9.17, 15) is 0 Å². The number of benzene rings is 4. The zero-order valence-corrected chi connectivity index (χ0v) is 22.7. The molecular weight excluding hydrogens is 486 g/mol. The van der Waals surface area contributed by atoms with E-state index in [4.69, 9.17) is 19.3 Å². The summed E-state index contributed by atoms with van der Waals surface area (Å²) in [6.07, 6.45) is 2.09. The van der Waals surface area contributed by atoms with Crippen molar-refractivity contribution in [3.8, 4) is 17.2 Å². The first-order valence-corrected chi connectivity index (χ1v) is 13.4. The highest BCUT2D eigenvalue weighted by atomic mass is 16.5. The molecule has 1 aromatic heterocycles. The minimum absolute atomic E-state index is 0.0124. The van der Waals surface area contributed by atoms with Crippen LogP contribution in [0, 0.1) is 0 Å². The minimum Gasteiger partial charge on any atom is -0.491 e. The van der Waals surface area contributed by atoms with E-state index in [1.54, 1.807) is 0 Å². The van der Waals surface area contributed by atoms with Crippen LogP contribution in [0.4, 0.5) is 0 Å². The van der Waals surface area contributed by atoms with Crippen LogP contribution in [-0.2, 0) is 12.0 Å². The molecule has 1 unspecified atom stereocenters. The van der Waals surface area contributed by atoms with Crippen LogP contribution in [0.3, 0.4) is 0 Å². The molecule has 0 fully saturated rings. The van der Waals surface area contributed by atoms with Gasteiger partial charge in [-0.3, -0.25) is 0 Å². The molecule has 5 rings (SSSR count). The van der Waals surface area contributed by atoms with Gasteiger partial charge < -0.3 is 24.3 Å². The molecule has 5 heteroatoms. The lowest BCUT2D eigenvalue weighted by atomic mass is 9.71. The first-order chi connectivity index (χ1) is 19.0. The third-order valence-corrected chi connectivity index (χ3v) is 7.04. The van der Waals surface area contributed by atoms with Crippen molar-refractivity contribution in [3.05, 3.63) is 126 Å². The molecule has 0 saturated heterocycles. The molecular formula is C34H35NO4. The second-order valence-electron chi connectivity index (χ2n) is 10.1. The molecule has 0 aliphatic rings. The van der Waals surface area contributed by atoms with E-state index in [2.05, 4.69) is 72.7 Å². The maximum atomic E-state index is 9.15. The quantitative estimate of drug-likeness (QED) is 0.192. The van der Waals surface area contributed by atoms with Gasteiger partial charge in [-0.2, -0.15) is 0 Å². The van der Waals surface area contributed by atoms with Crippen molar-refractivity contribution in [2.24, 2.45) is 0 Å². The summed E-state index contributed by atoms with van der Waals surface area (Å²) in [5.74, 6) is 2.15. The number of aromatic nitrogens is 1. The fourth-order valence-corrected chi connectivity index (χ4v) is 5.03. The fourth-order valence-electron chi connectivity index (χ4n) is 5.03. The lowest BCUT2D eigenvalue weighted by molar-refractivity contribution is 0.201. The third-order valence-electron chi connectivity index (χ3n) is 7.04. The molecule has 5 nitrogen and oxygen atoms in total. The van der Waals surface area contributed by atoms with E-state index in [0.29, 0.717) is 18.1 Å². The highest BCUT2D eigenvalue weighted by molar-refractivity contribution is 5.86. The molecule has 0 aliphatic heterocycles. The van der Waals surface area contributed by atoms with Crippen molar-refractivity contribution >= 4 is 10.9 Å². The van der Waals surface area contributed by atoms with Crippen molar-refractivity contribution in [2.45, 2.75) is 38.9 Å². The van der Waals surface area contributed by atoms with Crippen molar-refractivity contribution in [2.75, 3.05) is 13.2 Å². The molecule has 0 spiro atoms. The van der Waals surface area contributed by atoms with Crippen molar-refractivity contribution in [1.29, 1.82) is 0 Å². The molecule has 200 valence electrons. The van der Waals surface area contributed by atoms with Crippen LogP contribution >= 0.6 is 0 Å². The first-order valence-electron chi connectivity index (χ1n) is 13.4. The molecule has 0 amide bonds. The number of para-hydroxylation sites is 1. The van der Waals surface area contributed by atoms with E-state index in [1.807, 2.05) is 56.3 Å². The maximum Gasteiger partial charge on any atom is 0.161 e. The molecule has 1 atom stereocenters. The van der Waals surface area contributed by atoms with Gasteiger partial charge in [-0.15, -0.1) is 0 Å². The van der Waals surface area contributed by atoms with E-state index >= 15 is 0 Å². The standard InChI is InChI=1S/C34H35NO4/c1-24(2)39-33-21-27(15-18-32(33)38-23-25-9-5-4-6-10-25)34(3,26-13-16-28(17-14-26)37-20-19-36)30-22-35-31-12-8-7-11-29(30)31/h4-18,21-22,24,35-36H,19-20,23H2,1-3H3. The Bertz CT molecular complexity index is 1510. The fraction of sp³-hybridized carbons (Fsp3) is 0.235. The Morgan fingerprint density at radius 3 is 2.26 bits per heavy atom. The van der Waals surface area contributed by atoms with E-state index in [-0.39, 0.29) is 19.3 Å². The topological polar surface area (TPSA) is 63.7 Å². The van der Waals surface area contributed by atoms with Gasteiger partial charge in [0.2, 0.25) is 0 Å². The molecule has 39 heavy (non-hydrogen) atoms. The largest absolute Gasteiger partial charge is 0.491 e. The summed E-state index contributed by atoms with van der Waals surface area (Å²) in [4.78, 5) is 3.46. The van der Waals surface area contributed by atoms with E-state index < -0.39 is 5.41 Å². The van der Waals surface area contributed by atoms with E-state index in [0.717, 1.165) is 38.9 Å². The number of nitrogens with one attached hydrogen (secondary N) is 1. The number of hydrogen-bond acceptors (Lipinski definition) is 4. The smallest absolute Gasteiger partial charge is 0.161 e. The summed E-state index contributed by atoms with van der Waals surface area (Å²) in [7, 11) is 0. The lowest BCUT2D eigenvalue weighted by Gasteiger charge is -2.32. The average Bonchev–Trinajstić information content (AvgIpc) is 3.40. The SMILES string of the molecule is CC(C)Oc1cc(C(C)(c2ccc(OCCO)cc2)c2c[nH]c3ccccc23)ccc1OCc1ccccc1. The Morgan fingerprint density at radius 1 is 0.795 bits per heavy atom. The van der Waals surface area contributed by atoms with Crippen LogP contribution in [0.5, 0.6) is 17.2 Å². The third kappa shape index (κ3) is 5.64. The van der Waals surface area contributed by atoms with Crippen LogP contribution in [0.15, 0.2) is 103 Å². The Labute approximate surface area is 230 Å². The Balaban J connectivity index is 1.60. The van der Waals surface area contributed by atoms with Gasteiger partial charge in [-0.25, -0.2) is 0 Å². The van der Waals surface area contributed by atoms with Gasteiger partial charge in [-0.1, -0.05) is 66.7 Å². The number of aliphatic hydroxyl groups is 1. The van der Waals surface area contributed by atoms with Gasteiger partial charge in [-0.05, 0) is 73.4 Å². The summed E-state index contributed by atoms with van der Waals surface area (Å²) < 4.78 is 18.2. The number of ether oxygens (including phenoxy) is 3. The zero-order valence-electron chi connectivity index (χ0n) is 22.7. The summed E-state index contributed by atoms with van der Waals surface area (Å²) in [6.45, 7) is 7.00. The van der Waals surface area contributed by atoms with Gasteiger partial charge in [0.25, 0.3) is 0 Å². The Morgan fingerprint density at radius 2 is 1.51 bits per heavy atom. The van der Waals surface area contributed by atoms with Crippen LogP contribution in [0.25, 0.3) is 10.9 Å². The minimum atomic E-state index is -0.512. The number of H-pyrrole nitrogens is 1. The molecule has 0 saturated carbocycles. The molecule has 4 aromatic carbocycles. The van der Waals surface area contributed by atoms with Crippen molar-refractivity contribution in [1.82, 2.24) is 4.98 Å². The average molecular weight is 522 g/mol. The van der Waals surface area contributed by atoms with Crippen molar-refractivity contribution < 1.29 is 19.3 Å². The maximum absolute atomic E-state index is 9.15. The van der Waals surface area contributed by atoms with Gasteiger partial charge in [0.05, 0.1) is 12.7 Å². The van der Waals surface area contributed by atoms with Crippen LogP contribution in [0.1, 0.15) is 43.0 Å². The number of aliphatic hydroxyl groups excluding tert-OH is 1. The number of hydrogen-bond donors (Lipinski definition) is 2. The second-order valence-corrected chi connectivity index (χ2v) is 10.1. The summed E-state index contributed by atoms with van der Waals surface area (Å²) in [6, 6.07) is 32.9. The number of fused-ring (bicyclic) bond motifs is 1. The number of rotatable bonds is 11. The van der Waals surface area contributed by atoms with Crippen LogP contribution < -0.4 is 14.2 Å². The Hall–Kier alpha value is -4.22. The summed E-state index contributed by atoms with van der Waals surface area (Å²) in [5, 5.41) is 10.3.